The number of hydrogen-bond acceptors (Lipinski definition) is 4. The fourth-order valence-electron chi connectivity index (χ4n) is 4.23. The molecule has 1 heterocycles. The third kappa shape index (κ3) is 3.59. The topological polar surface area (TPSA) is 41.6 Å². The molecule has 0 spiro atoms. The molecule has 0 aromatic carbocycles. The van der Waals surface area contributed by atoms with Crippen molar-refractivity contribution in [2.75, 3.05) is 20.2 Å². The van der Waals surface area contributed by atoms with Gasteiger partial charge in [-0.2, -0.15) is 0 Å². The van der Waals surface area contributed by atoms with Crippen molar-refractivity contribution in [1.29, 1.82) is 0 Å². The monoisotopic (exact) mass is 294 g/mol. The number of fused-ring (bicyclic) bond motifs is 2. The van der Waals surface area contributed by atoms with Gasteiger partial charge < -0.3 is 9.64 Å². The Morgan fingerprint density at radius 1 is 1.29 bits per heavy atom. The summed E-state index contributed by atoms with van der Waals surface area (Å²) in [5.41, 5.74) is -0.486. The quantitative estimate of drug-likeness (QED) is 0.551. The maximum absolute atomic E-state index is 12.1. The van der Waals surface area contributed by atoms with Crippen LogP contribution >= 0.6 is 0 Å². The summed E-state index contributed by atoms with van der Waals surface area (Å²) < 4.78 is 5.00. The number of unbranched alkanes of at least 4 members (excludes halogenated alkanes) is 1. The van der Waals surface area contributed by atoms with Crippen molar-refractivity contribution in [1.82, 2.24) is 10.2 Å². The SMILES string of the molecule is COC(=O)C(C)(CCCCN1CC2CCC1C2)NC1CC1. The first-order valence-electron chi connectivity index (χ1n) is 8.71. The van der Waals surface area contributed by atoms with Gasteiger partial charge in [0.05, 0.1) is 7.11 Å². The second kappa shape index (κ2) is 6.25. The van der Waals surface area contributed by atoms with E-state index in [1.807, 2.05) is 6.92 Å². The molecular formula is C17H30N2O2. The Balaban J connectivity index is 1.40. The van der Waals surface area contributed by atoms with Crippen molar-refractivity contribution in [3.05, 3.63) is 0 Å². The number of esters is 1. The van der Waals surface area contributed by atoms with Crippen LogP contribution in [0, 0.1) is 5.92 Å². The van der Waals surface area contributed by atoms with Gasteiger partial charge in [0.25, 0.3) is 0 Å². The molecule has 1 N–H and O–H groups in total. The first kappa shape index (κ1) is 15.3. The Labute approximate surface area is 128 Å². The first-order valence-corrected chi connectivity index (χ1v) is 8.71. The van der Waals surface area contributed by atoms with E-state index in [-0.39, 0.29) is 5.97 Å². The van der Waals surface area contributed by atoms with Crippen molar-refractivity contribution < 1.29 is 9.53 Å². The van der Waals surface area contributed by atoms with Crippen LogP contribution < -0.4 is 5.32 Å². The summed E-state index contributed by atoms with van der Waals surface area (Å²) in [5, 5.41) is 3.49. The Morgan fingerprint density at radius 3 is 2.67 bits per heavy atom. The van der Waals surface area contributed by atoms with Gasteiger partial charge in [0.15, 0.2) is 0 Å². The molecule has 2 aliphatic carbocycles. The lowest BCUT2D eigenvalue weighted by molar-refractivity contribution is -0.148. The smallest absolute Gasteiger partial charge is 0.325 e. The number of carbonyl (C=O) groups is 1. The molecule has 0 aromatic heterocycles. The Hall–Kier alpha value is -0.610. The summed E-state index contributed by atoms with van der Waals surface area (Å²) in [6, 6.07) is 1.40. The standard InChI is InChI=1S/C17H30N2O2/c1-17(16(20)21-2,18-14-6-7-14)9-3-4-10-19-12-13-5-8-15(19)11-13/h13-15,18H,3-12H2,1-2H3. The predicted octanol–water partition coefficient (Wildman–Crippen LogP) is 2.32. The zero-order valence-electron chi connectivity index (χ0n) is 13.6. The fraction of sp³-hybridized carbons (Fsp3) is 0.941. The lowest BCUT2D eigenvalue weighted by atomic mass is 9.94. The van der Waals surface area contributed by atoms with Crippen LogP contribution in [-0.2, 0) is 9.53 Å². The Kier molecular flexibility index (Phi) is 4.55. The third-order valence-corrected chi connectivity index (χ3v) is 5.63. The molecule has 2 saturated carbocycles. The molecule has 0 radical (unpaired) electrons. The van der Waals surface area contributed by atoms with E-state index in [4.69, 9.17) is 4.74 Å². The van der Waals surface area contributed by atoms with E-state index in [9.17, 15) is 4.79 Å². The van der Waals surface area contributed by atoms with Crippen LogP contribution in [0.5, 0.6) is 0 Å². The maximum Gasteiger partial charge on any atom is 0.325 e. The second-order valence-electron chi connectivity index (χ2n) is 7.53. The highest BCUT2D eigenvalue weighted by Gasteiger charge is 2.39. The molecule has 1 saturated heterocycles. The molecule has 21 heavy (non-hydrogen) atoms. The van der Waals surface area contributed by atoms with Crippen LogP contribution in [0.15, 0.2) is 0 Å². The van der Waals surface area contributed by atoms with Crippen molar-refractivity contribution in [2.45, 2.75) is 75.9 Å². The summed E-state index contributed by atoms with van der Waals surface area (Å²) in [6.45, 7) is 4.54. The van der Waals surface area contributed by atoms with Crippen LogP contribution in [0.4, 0.5) is 0 Å². The molecule has 0 aromatic rings. The molecular weight excluding hydrogens is 264 g/mol. The number of carbonyl (C=O) groups excluding carboxylic acids is 1. The summed E-state index contributed by atoms with van der Waals surface area (Å²) in [7, 11) is 1.50. The highest BCUT2D eigenvalue weighted by molar-refractivity contribution is 5.80. The Bertz CT molecular complexity index is 383. The molecule has 120 valence electrons. The summed E-state index contributed by atoms with van der Waals surface area (Å²) >= 11 is 0. The number of nitrogens with one attached hydrogen (secondary N) is 1. The number of likely N-dealkylation sites (tertiary alicyclic amines) is 1. The predicted molar refractivity (Wildman–Crippen MR) is 83.1 cm³/mol. The molecule has 3 fully saturated rings. The number of nitrogens with zero attached hydrogens (tertiary/aromatic N) is 1. The minimum Gasteiger partial charge on any atom is -0.468 e. The zero-order chi connectivity index (χ0) is 14.9. The molecule has 0 amide bonds. The normalized spacial score (nSPS) is 31.3. The van der Waals surface area contributed by atoms with E-state index in [1.165, 1.54) is 58.7 Å². The van der Waals surface area contributed by atoms with Gasteiger partial charge in [-0.1, -0.05) is 0 Å². The van der Waals surface area contributed by atoms with E-state index >= 15 is 0 Å². The van der Waals surface area contributed by atoms with Crippen LogP contribution in [0.2, 0.25) is 0 Å². The molecule has 3 unspecified atom stereocenters. The van der Waals surface area contributed by atoms with Crippen molar-refractivity contribution in [2.24, 2.45) is 5.92 Å². The van der Waals surface area contributed by atoms with Gasteiger partial charge in [-0.25, -0.2) is 0 Å². The van der Waals surface area contributed by atoms with Gasteiger partial charge in [0.2, 0.25) is 0 Å². The summed E-state index contributed by atoms with van der Waals surface area (Å²) in [4.78, 5) is 14.7. The molecule has 2 bridgehead atoms. The average molecular weight is 294 g/mol. The minimum absolute atomic E-state index is 0.102. The van der Waals surface area contributed by atoms with E-state index in [0.29, 0.717) is 6.04 Å². The summed E-state index contributed by atoms with van der Waals surface area (Å²) in [5.74, 6) is 0.876. The maximum atomic E-state index is 12.1. The van der Waals surface area contributed by atoms with Gasteiger partial charge in [-0.15, -0.1) is 0 Å². The molecule has 3 rings (SSSR count). The van der Waals surface area contributed by atoms with Gasteiger partial charge in [-0.05, 0) is 70.8 Å². The lowest BCUT2D eigenvalue weighted by Gasteiger charge is -2.29. The fourth-order valence-corrected chi connectivity index (χ4v) is 4.23. The molecule has 3 atom stereocenters. The van der Waals surface area contributed by atoms with E-state index in [2.05, 4.69) is 10.2 Å². The molecule has 4 nitrogen and oxygen atoms in total. The molecule has 4 heteroatoms. The average Bonchev–Trinajstić information content (AvgIpc) is 3.04. The van der Waals surface area contributed by atoms with Gasteiger partial charge >= 0.3 is 5.97 Å². The van der Waals surface area contributed by atoms with E-state index in [0.717, 1.165) is 24.8 Å². The van der Waals surface area contributed by atoms with Gasteiger partial charge in [0, 0.05) is 18.6 Å². The number of methoxy groups -OCH3 is 1. The largest absolute Gasteiger partial charge is 0.468 e. The Morgan fingerprint density at radius 2 is 2.10 bits per heavy atom. The summed E-state index contributed by atoms with van der Waals surface area (Å²) in [6.07, 6.45) is 9.87. The van der Waals surface area contributed by atoms with Gasteiger partial charge in [0.1, 0.15) is 5.54 Å². The second-order valence-corrected chi connectivity index (χ2v) is 7.53. The van der Waals surface area contributed by atoms with Crippen LogP contribution in [-0.4, -0.2) is 48.7 Å². The van der Waals surface area contributed by atoms with E-state index in [1.54, 1.807) is 0 Å². The van der Waals surface area contributed by atoms with Crippen LogP contribution in [0.1, 0.15) is 58.3 Å². The number of hydrogen-bond donors (Lipinski definition) is 1. The highest BCUT2D eigenvalue weighted by atomic mass is 16.5. The minimum atomic E-state index is -0.486. The number of rotatable bonds is 8. The first-order chi connectivity index (χ1) is 10.1. The zero-order valence-corrected chi connectivity index (χ0v) is 13.6. The van der Waals surface area contributed by atoms with Gasteiger partial charge in [-0.3, -0.25) is 10.1 Å². The highest BCUT2D eigenvalue weighted by Crippen LogP contribution is 2.37. The van der Waals surface area contributed by atoms with Crippen molar-refractivity contribution in [3.63, 3.8) is 0 Å². The van der Waals surface area contributed by atoms with Crippen molar-refractivity contribution >= 4 is 5.97 Å². The lowest BCUT2D eigenvalue weighted by Crippen LogP contribution is -2.51. The number of piperidine rings is 1. The van der Waals surface area contributed by atoms with Crippen molar-refractivity contribution in [3.8, 4) is 0 Å². The molecule has 3 aliphatic rings. The van der Waals surface area contributed by atoms with Crippen LogP contribution in [0.3, 0.4) is 0 Å². The third-order valence-electron chi connectivity index (χ3n) is 5.63. The molecule has 1 aliphatic heterocycles. The van der Waals surface area contributed by atoms with Crippen LogP contribution in [0.25, 0.3) is 0 Å². The van der Waals surface area contributed by atoms with E-state index < -0.39 is 5.54 Å². The number of ether oxygens (including phenoxy) is 1.